The van der Waals surface area contributed by atoms with Gasteiger partial charge in [0.15, 0.2) is 5.78 Å². The fourth-order valence-corrected chi connectivity index (χ4v) is 2.62. The maximum Gasteiger partial charge on any atom is 0.159 e. The van der Waals surface area contributed by atoms with Crippen molar-refractivity contribution < 1.29 is 9.53 Å². The van der Waals surface area contributed by atoms with Crippen LogP contribution in [0.4, 0.5) is 0 Å². The normalized spacial score (nSPS) is 14.7. The SMILES string of the molecule is O=C1C=C(Oc2ccccc2)c2cc(Cl)ccc2CCC1. The molecule has 0 unspecified atom stereocenters. The van der Waals surface area contributed by atoms with E-state index in [9.17, 15) is 4.79 Å². The number of hydrogen-bond acceptors (Lipinski definition) is 2. The van der Waals surface area contributed by atoms with Gasteiger partial charge >= 0.3 is 0 Å². The summed E-state index contributed by atoms with van der Waals surface area (Å²) in [7, 11) is 0. The van der Waals surface area contributed by atoms with E-state index in [0.29, 0.717) is 23.0 Å². The molecule has 3 rings (SSSR count). The van der Waals surface area contributed by atoms with Gasteiger partial charge in [0, 0.05) is 23.1 Å². The average Bonchev–Trinajstić information content (AvgIpc) is 2.48. The standard InChI is InChI=1S/C18H15ClO2/c19-14-10-9-13-5-4-6-15(20)12-18(17(13)11-14)21-16-7-2-1-3-8-16/h1-3,7-12H,4-6H2. The number of benzene rings is 2. The summed E-state index contributed by atoms with van der Waals surface area (Å²) in [5.41, 5.74) is 2.06. The summed E-state index contributed by atoms with van der Waals surface area (Å²) in [4.78, 5) is 11.9. The molecule has 0 heterocycles. The van der Waals surface area contributed by atoms with Gasteiger partial charge in [-0.3, -0.25) is 4.79 Å². The first-order valence-corrected chi connectivity index (χ1v) is 7.36. The molecule has 2 nitrogen and oxygen atoms in total. The monoisotopic (exact) mass is 298 g/mol. The van der Waals surface area contributed by atoms with E-state index in [0.717, 1.165) is 24.0 Å². The lowest BCUT2D eigenvalue weighted by Crippen LogP contribution is -2.07. The van der Waals surface area contributed by atoms with E-state index < -0.39 is 0 Å². The highest BCUT2D eigenvalue weighted by Gasteiger charge is 2.16. The fraction of sp³-hybridized carbons (Fsp3) is 0.167. The van der Waals surface area contributed by atoms with E-state index in [1.54, 1.807) is 6.08 Å². The number of carbonyl (C=O) groups excluding carboxylic acids is 1. The van der Waals surface area contributed by atoms with Crippen LogP contribution in [0.25, 0.3) is 5.76 Å². The zero-order chi connectivity index (χ0) is 14.7. The lowest BCUT2D eigenvalue weighted by Gasteiger charge is -2.17. The second-order valence-corrected chi connectivity index (χ2v) is 5.48. The Morgan fingerprint density at radius 3 is 2.62 bits per heavy atom. The van der Waals surface area contributed by atoms with E-state index in [1.165, 1.54) is 0 Å². The molecule has 106 valence electrons. The molecule has 0 aliphatic heterocycles. The molecule has 0 amide bonds. The minimum Gasteiger partial charge on any atom is -0.457 e. The fourth-order valence-electron chi connectivity index (χ4n) is 2.45. The summed E-state index contributed by atoms with van der Waals surface area (Å²) in [6.07, 6.45) is 3.83. The van der Waals surface area contributed by atoms with E-state index in [2.05, 4.69) is 0 Å². The van der Waals surface area contributed by atoms with Gasteiger partial charge in [-0.2, -0.15) is 0 Å². The predicted molar refractivity (Wildman–Crippen MR) is 84.4 cm³/mol. The Morgan fingerprint density at radius 2 is 1.81 bits per heavy atom. The molecule has 21 heavy (non-hydrogen) atoms. The van der Waals surface area contributed by atoms with Gasteiger partial charge in [-0.25, -0.2) is 0 Å². The van der Waals surface area contributed by atoms with Crippen molar-refractivity contribution in [3.8, 4) is 5.75 Å². The number of carbonyl (C=O) groups is 1. The Morgan fingerprint density at radius 1 is 1.00 bits per heavy atom. The van der Waals surface area contributed by atoms with Crippen molar-refractivity contribution >= 4 is 23.1 Å². The topological polar surface area (TPSA) is 26.3 Å². The van der Waals surface area contributed by atoms with Gasteiger partial charge in [0.1, 0.15) is 11.5 Å². The number of ether oxygens (including phenoxy) is 1. The van der Waals surface area contributed by atoms with Gasteiger partial charge in [0.2, 0.25) is 0 Å². The molecule has 0 bridgehead atoms. The lowest BCUT2D eigenvalue weighted by atomic mass is 9.96. The van der Waals surface area contributed by atoms with Crippen LogP contribution in [0.5, 0.6) is 5.75 Å². The Hall–Kier alpha value is -2.06. The Labute approximate surface area is 129 Å². The summed E-state index contributed by atoms with van der Waals surface area (Å²) in [6, 6.07) is 15.2. The van der Waals surface area contributed by atoms with Crippen molar-refractivity contribution in [1.82, 2.24) is 0 Å². The molecule has 0 aromatic heterocycles. The molecular formula is C18H15ClO2. The van der Waals surface area contributed by atoms with Crippen molar-refractivity contribution in [2.45, 2.75) is 19.3 Å². The number of ketones is 1. The second kappa shape index (κ2) is 6.15. The second-order valence-electron chi connectivity index (χ2n) is 5.05. The first kappa shape index (κ1) is 13.9. The number of fused-ring (bicyclic) bond motifs is 1. The molecule has 0 N–H and O–H groups in total. The summed E-state index contributed by atoms with van der Waals surface area (Å²) in [5.74, 6) is 1.37. The minimum atomic E-state index is 0.0894. The van der Waals surface area contributed by atoms with Crippen LogP contribution in [-0.2, 0) is 11.2 Å². The van der Waals surface area contributed by atoms with Crippen LogP contribution in [0, 0.1) is 0 Å². The number of rotatable bonds is 2. The van der Waals surface area contributed by atoms with Gasteiger partial charge in [0.25, 0.3) is 0 Å². The third kappa shape index (κ3) is 3.34. The van der Waals surface area contributed by atoms with E-state index in [-0.39, 0.29) is 5.78 Å². The molecule has 0 spiro atoms. The number of hydrogen-bond donors (Lipinski definition) is 0. The molecule has 0 atom stereocenters. The van der Waals surface area contributed by atoms with Crippen LogP contribution in [0.15, 0.2) is 54.6 Å². The van der Waals surface area contributed by atoms with Crippen molar-refractivity contribution in [1.29, 1.82) is 0 Å². The molecule has 1 aliphatic rings. The van der Waals surface area contributed by atoms with Crippen LogP contribution in [-0.4, -0.2) is 5.78 Å². The summed E-state index contributed by atoms with van der Waals surface area (Å²) >= 11 is 6.11. The third-order valence-corrected chi connectivity index (χ3v) is 3.70. The van der Waals surface area contributed by atoms with Crippen molar-refractivity contribution in [2.24, 2.45) is 0 Å². The number of para-hydroxylation sites is 1. The maximum atomic E-state index is 11.9. The van der Waals surface area contributed by atoms with Crippen LogP contribution in [0.2, 0.25) is 5.02 Å². The minimum absolute atomic E-state index is 0.0894. The summed E-state index contributed by atoms with van der Waals surface area (Å²) < 4.78 is 5.92. The zero-order valence-corrected chi connectivity index (χ0v) is 12.3. The third-order valence-electron chi connectivity index (χ3n) is 3.47. The smallest absolute Gasteiger partial charge is 0.159 e. The van der Waals surface area contributed by atoms with Gasteiger partial charge in [-0.15, -0.1) is 0 Å². The molecule has 2 aromatic carbocycles. The van der Waals surface area contributed by atoms with Crippen molar-refractivity contribution in [2.75, 3.05) is 0 Å². The van der Waals surface area contributed by atoms with Crippen molar-refractivity contribution in [3.05, 3.63) is 70.8 Å². The molecule has 0 saturated heterocycles. The Bertz CT molecular complexity index is 690. The number of aryl methyl sites for hydroxylation is 1. The highest BCUT2D eigenvalue weighted by Crippen LogP contribution is 2.29. The van der Waals surface area contributed by atoms with Gasteiger partial charge in [-0.1, -0.05) is 35.9 Å². The number of allylic oxidation sites excluding steroid dienone is 1. The summed E-state index contributed by atoms with van der Waals surface area (Å²) in [6.45, 7) is 0. The van der Waals surface area contributed by atoms with E-state index >= 15 is 0 Å². The van der Waals surface area contributed by atoms with Crippen molar-refractivity contribution in [3.63, 3.8) is 0 Å². The molecule has 0 fully saturated rings. The average molecular weight is 299 g/mol. The van der Waals surface area contributed by atoms with Gasteiger partial charge in [-0.05, 0) is 42.7 Å². The maximum absolute atomic E-state index is 11.9. The first-order chi connectivity index (χ1) is 10.2. The molecule has 3 heteroatoms. The molecule has 0 saturated carbocycles. The van der Waals surface area contributed by atoms with Crippen LogP contribution in [0.1, 0.15) is 24.0 Å². The molecule has 2 aromatic rings. The van der Waals surface area contributed by atoms with Gasteiger partial charge < -0.3 is 4.74 Å². The van der Waals surface area contributed by atoms with E-state index in [4.69, 9.17) is 16.3 Å². The van der Waals surface area contributed by atoms with Crippen LogP contribution >= 0.6 is 11.6 Å². The molecular weight excluding hydrogens is 284 g/mol. The largest absolute Gasteiger partial charge is 0.457 e. The van der Waals surface area contributed by atoms with E-state index in [1.807, 2.05) is 48.5 Å². The van der Waals surface area contributed by atoms with Crippen LogP contribution in [0.3, 0.4) is 0 Å². The molecule has 1 aliphatic carbocycles. The van der Waals surface area contributed by atoms with Crippen LogP contribution < -0.4 is 4.74 Å². The van der Waals surface area contributed by atoms with Gasteiger partial charge in [0.05, 0.1) is 0 Å². The Balaban J connectivity index is 2.04. The zero-order valence-electron chi connectivity index (χ0n) is 11.5. The predicted octanol–water partition coefficient (Wildman–Crippen LogP) is 4.67. The lowest BCUT2D eigenvalue weighted by molar-refractivity contribution is -0.114. The quantitative estimate of drug-likeness (QED) is 0.805. The highest BCUT2D eigenvalue weighted by atomic mass is 35.5. The molecule has 0 radical (unpaired) electrons. The summed E-state index contributed by atoms with van der Waals surface area (Å²) in [5, 5.41) is 0.643. The first-order valence-electron chi connectivity index (χ1n) is 6.98. The Kier molecular flexibility index (Phi) is 4.07. The number of halogens is 1. The highest BCUT2D eigenvalue weighted by molar-refractivity contribution is 6.30.